The zero-order valence-electron chi connectivity index (χ0n) is 17.2. The number of carboxylic acid groups (broad SMARTS) is 1. The summed E-state index contributed by atoms with van der Waals surface area (Å²) in [6.45, 7) is 7.79. The first-order chi connectivity index (χ1) is 14.6. The Kier molecular flexibility index (Phi) is 8.02. The molecule has 0 atom stereocenters. The number of nitrogens with one attached hydrogen (secondary N) is 1. The van der Waals surface area contributed by atoms with Crippen molar-refractivity contribution in [2.24, 2.45) is 0 Å². The Bertz CT molecular complexity index is 1070. The van der Waals surface area contributed by atoms with E-state index in [1.807, 2.05) is 27.7 Å². The molecule has 0 saturated carbocycles. The largest absolute Gasteiger partial charge is 0.478 e. The predicted molar refractivity (Wildman–Crippen MR) is 117 cm³/mol. The molecule has 3 aromatic rings. The van der Waals surface area contributed by atoms with Crippen molar-refractivity contribution in [1.82, 2.24) is 9.97 Å². The smallest absolute Gasteiger partial charge is 0.417 e. The Morgan fingerprint density at radius 3 is 2.48 bits per heavy atom. The number of aromatic carboxylic acids is 1. The van der Waals surface area contributed by atoms with Gasteiger partial charge in [0, 0.05) is 16.6 Å². The molecule has 1 aromatic carbocycles. The molecule has 0 aliphatic rings. The monoisotopic (exact) mass is 471 g/mol. The predicted octanol–water partition coefficient (Wildman–Crippen LogP) is 7.47. The van der Waals surface area contributed by atoms with Crippen LogP contribution in [-0.4, -0.2) is 21.0 Å². The number of alkyl halides is 3. The Balaban J connectivity index is 0.00000166. The fraction of sp³-hybridized carbons (Fsp3) is 0.286. The third kappa shape index (κ3) is 5.74. The minimum absolute atomic E-state index is 0.0225. The van der Waals surface area contributed by atoms with E-state index in [1.54, 1.807) is 0 Å². The highest BCUT2D eigenvalue weighted by Gasteiger charge is 2.34. The minimum Gasteiger partial charge on any atom is -0.478 e. The fourth-order valence-electron chi connectivity index (χ4n) is 2.65. The van der Waals surface area contributed by atoms with Gasteiger partial charge in [-0.3, -0.25) is 0 Å². The number of anilines is 2. The third-order valence-corrected chi connectivity index (χ3v) is 5.59. The van der Waals surface area contributed by atoms with Crippen molar-refractivity contribution in [1.29, 1.82) is 0 Å². The summed E-state index contributed by atoms with van der Waals surface area (Å²) in [6.07, 6.45) is -3.16. The lowest BCUT2D eigenvalue weighted by Crippen LogP contribution is -2.06. The second kappa shape index (κ2) is 10.1. The zero-order chi connectivity index (χ0) is 23.3. The van der Waals surface area contributed by atoms with Crippen molar-refractivity contribution in [2.75, 3.05) is 5.32 Å². The molecule has 3 rings (SSSR count). The highest BCUT2D eigenvalue weighted by atomic mass is 35.5. The standard InChI is InChI=1S/C19H15ClF3N3O2S.C2H6/c1-9(2)15-14(10-5-6-13(20)12(8-10)19(21,22)23)25-18(29-15)26-16-11(17(27)28)4-3-7-24-16;1-2/h3-9H,1-2H3,(H,27,28)(H,24,25,26);1-2H3. The third-order valence-electron chi connectivity index (χ3n) is 3.99. The first kappa shape index (κ1) is 24.6. The molecular weight excluding hydrogens is 451 g/mol. The van der Waals surface area contributed by atoms with E-state index in [-0.39, 0.29) is 27.9 Å². The lowest BCUT2D eigenvalue weighted by Gasteiger charge is -2.11. The Labute approximate surface area is 186 Å². The van der Waals surface area contributed by atoms with Crippen LogP contribution < -0.4 is 5.32 Å². The second-order valence-electron chi connectivity index (χ2n) is 6.41. The van der Waals surface area contributed by atoms with Crippen LogP contribution in [0.1, 0.15) is 54.4 Å². The van der Waals surface area contributed by atoms with Gasteiger partial charge < -0.3 is 10.4 Å². The number of carboxylic acids is 1. The van der Waals surface area contributed by atoms with Crippen molar-refractivity contribution >= 4 is 39.9 Å². The maximum absolute atomic E-state index is 13.2. The van der Waals surface area contributed by atoms with Gasteiger partial charge in [0.15, 0.2) is 5.13 Å². The highest BCUT2D eigenvalue weighted by Crippen LogP contribution is 2.41. The SMILES string of the molecule is CC.CC(C)c1sc(Nc2ncccc2C(=O)O)nc1-c1ccc(Cl)c(C(F)(F)F)c1. The van der Waals surface area contributed by atoms with Crippen LogP contribution in [-0.2, 0) is 6.18 Å². The van der Waals surface area contributed by atoms with E-state index >= 15 is 0 Å². The molecule has 0 amide bonds. The van der Waals surface area contributed by atoms with Crippen molar-refractivity contribution < 1.29 is 23.1 Å². The number of hydrogen-bond donors (Lipinski definition) is 2. The number of thiazole rings is 1. The fourth-order valence-corrected chi connectivity index (χ4v) is 3.87. The van der Waals surface area contributed by atoms with E-state index in [0.717, 1.165) is 10.9 Å². The highest BCUT2D eigenvalue weighted by molar-refractivity contribution is 7.16. The van der Waals surface area contributed by atoms with E-state index < -0.39 is 17.7 Å². The maximum atomic E-state index is 13.2. The van der Waals surface area contributed by atoms with Gasteiger partial charge in [0.2, 0.25) is 0 Å². The van der Waals surface area contributed by atoms with Crippen LogP contribution in [0.15, 0.2) is 36.5 Å². The molecule has 2 heterocycles. The summed E-state index contributed by atoms with van der Waals surface area (Å²) < 4.78 is 39.7. The average Bonchev–Trinajstić information content (AvgIpc) is 3.13. The second-order valence-corrected chi connectivity index (χ2v) is 7.85. The van der Waals surface area contributed by atoms with Crippen LogP contribution in [0.25, 0.3) is 11.3 Å². The van der Waals surface area contributed by atoms with E-state index in [1.165, 1.54) is 41.8 Å². The molecule has 10 heteroatoms. The maximum Gasteiger partial charge on any atom is 0.417 e. The molecule has 0 unspecified atom stereocenters. The lowest BCUT2D eigenvalue weighted by molar-refractivity contribution is -0.137. The minimum atomic E-state index is -4.59. The Hall–Kier alpha value is -2.65. The number of rotatable bonds is 5. The Morgan fingerprint density at radius 2 is 1.90 bits per heavy atom. The topological polar surface area (TPSA) is 75.1 Å². The van der Waals surface area contributed by atoms with Crippen LogP contribution in [0.5, 0.6) is 0 Å². The molecule has 0 bridgehead atoms. The van der Waals surface area contributed by atoms with Crippen LogP contribution in [0.4, 0.5) is 24.1 Å². The molecule has 166 valence electrons. The van der Waals surface area contributed by atoms with Gasteiger partial charge in [0.05, 0.1) is 16.3 Å². The number of carbonyl (C=O) groups is 1. The number of nitrogens with zero attached hydrogens (tertiary/aromatic N) is 2. The van der Waals surface area contributed by atoms with Gasteiger partial charge in [-0.05, 0) is 30.2 Å². The molecule has 5 nitrogen and oxygen atoms in total. The van der Waals surface area contributed by atoms with E-state index in [9.17, 15) is 23.1 Å². The quantitative estimate of drug-likeness (QED) is 0.403. The molecular formula is C21H21ClF3N3O2S. The lowest BCUT2D eigenvalue weighted by atomic mass is 10.0. The van der Waals surface area contributed by atoms with Crippen LogP contribution in [0.2, 0.25) is 5.02 Å². The van der Waals surface area contributed by atoms with E-state index in [0.29, 0.717) is 10.8 Å². The molecule has 0 aliphatic heterocycles. The van der Waals surface area contributed by atoms with Gasteiger partial charge in [-0.15, -0.1) is 11.3 Å². The van der Waals surface area contributed by atoms with Crippen molar-refractivity contribution in [3.63, 3.8) is 0 Å². The summed E-state index contributed by atoms with van der Waals surface area (Å²) in [6, 6.07) is 6.53. The molecule has 0 saturated heterocycles. The van der Waals surface area contributed by atoms with Crippen LogP contribution >= 0.6 is 22.9 Å². The Morgan fingerprint density at radius 1 is 1.23 bits per heavy atom. The number of aromatic nitrogens is 2. The van der Waals surface area contributed by atoms with Gasteiger partial charge in [-0.1, -0.05) is 45.4 Å². The zero-order valence-corrected chi connectivity index (χ0v) is 18.8. The van der Waals surface area contributed by atoms with Crippen LogP contribution in [0.3, 0.4) is 0 Å². The van der Waals surface area contributed by atoms with Crippen molar-refractivity contribution in [3.8, 4) is 11.3 Å². The normalized spacial score (nSPS) is 11.1. The van der Waals surface area contributed by atoms with E-state index in [2.05, 4.69) is 15.3 Å². The molecule has 0 radical (unpaired) electrons. The van der Waals surface area contributed by atoms with Crippen molar-refractivity contribution in [2.45, 2.75) is 39.8 Å². The summed E-state index contributed by atoms with van der Waals surface area (Å²) in [4.78, 5) is 20.5. The molecule has 0 fully saturated rings. The molecule has 0 spiro atoms. The number of benzene rings is 1. The summed E-state index contributed by atoms with van der Waals surface area (Å²) in [5, 5.41) is 12.1. The molecule has 31 heavy (non-hydrogen) atoms. The first-order valence-electron chi connectivity index (χ1n) is 9.41. The summed E-state index contributed by atoms with van der Waals surface area (Å²) >= 11 is 6.94. The van der Waals surface area contributed by atoms with Gasteiger partial charge in [-0.25, -0.2) is 14.8 Å². The number of halogens is 4. The van der Waals surface area contributed by atoms with E-state index in [4.69, 9.17) is 11.6 Å². The van der Waals surface area contributed by atoms with Gasteiger partial charge in [0.1, 0.15) is 11.4 Å². The van der Waals surface area contributed by atoms with Gasteiger partial charge in [0.25, 0.3) is 0 Å². The van der Waals surface area contributed by atoms with Gasteiger partial charge >= 0.3 is 12.1 Å². The summed E-state index contributed by atoms with van der Waals surface area (Å²) in [5.74, 6) is -1.08. The first-order valence-corrected chi connectivity index (χ1v) is 10.6. The number of pyridine rings is 1. The molecule has 0 aliphatic carbocycles. The van der Waals surface area contributed by atoms with Crippen molar-refractivity contribution in [3.05, 3.63) is 57.6 Å². The van der Waals surface area contributed by atoms with Gasteiger partial charge in [-0.2, -0.15) is 13.2 Å². The average molecular weight is 472 g/mol. The number of hydrogen-bond acceptors (Lipinski definition) is 5. The summed E-state index contributed by atoms with van der Waals surface area (Å²) in [7, 11) is 0. The van der Waals surface area contributed by atoms with Crippen LogP contribution in [0, 0.1) is 0 Å². The summed E-state index contributed by atoms with van der Waals surface area (Å²) in [5.41, 5.74) is -0.329. The molecule has 2 N–H and O–H groups in total. The molecule has 2 aromatic heterocycles.